The fourth-order valence-electron chi connectivity index (χ4n) is 1.24. The summed E-state index contributed by atoms with van der Waals surface area (Å²) in [5, 5.41) is 2.92. The van der Waals surface area contributed by atoms with Gasteiger partial charge in [-0.2, -0.15) is 0 Å². The van der Waals surface area contributed by atoms with E-state index in [1.54, 1.807) is 0 Å². The van der Waals surface area contributed by atoms with Gasteiger partial charge in [0.2, 0.25) is 0 Å². The molecule has 0 aromatic carbocycles. The molecule has 16 heavy (non-hydrogen) atoms. The summed E-state index contributed by atoms with van der Waals surface area (Å²) in [5.41, 5.74) is -0.502. The van der Waals surface area contributed by atoms with E-state index in [-0.39, 0.29) is 5.91 Å². The van der Waals surface area contributed by atoms with Gasteiger partial charge >= 0.3 is 0 Å². The highest BCUT2D eigenvalue weighted by Gasteiger charge is 2.28. The van der Waals surface area contributed by atoms with Crippen LogP contribution in [0, 0.1) is 6.92 Å². The molecule has 5 heteroatoms. The van der Waals surface area contributed by atoms with Crippen molar-refractivity contribution in [2.75, 3.05) is 11.8 Å². The maximum atomic E-state index is 11.9. The molecule has 0 saturated heterocycles. The summed E-state index contributed by atoms with van der Waals surface area (Å²) in [5.74, 6) is 0.549. The molecule has 1 heterocycles. The van der Waals surface area contributed by atoms with E-state index in [4.69, 9.17) is 23.2 Å². The summed E-state index contributed by atoms with van der Waals surface area (Å²) in [6.07, 6.45) is 0.718. The lowest BCUT2D eigenvalue weighted by atomic mass is 10.0. The van der Waals surface area contributed by atoms with E-state index in [1.165, 1.54) is 11.3 Å². The highest BCUT2D eigenvalue weighted by atomic mass is 35.5. The van der Waals surface area contributed by atoms with Crippen molar-refractivity contribution in [3.63, 3.8) is 0 Å². The van der Waals surface area contributed by atoms with Crippen molar-refractivity contribution in [2.45, 2.75) is 25.8 Å². The lowest BCUT2D eigenvalue weighted by Gasteiger charge is -2.29. The molecule has 0 aliphatic heterocycles. The van der Waals surface area contributed by atoms with Gasteiger partial charge in [-0.25, -0.2) is 0 Å². The molecule has 90 valence electrons. The Balaban J connectivity index is 2.76. The number of hydrogen-bond donors (Lipinski definition) is 1. The van der Waals surface area contributed by atoms with E-state index in [0.717, 1.165) is 11.3 Å². The molecule has 0 radical (unpaired) electrons. The van der Waals surface area contributed by atoms with Gasteiger partial charge in [0.1, 0.15) is 0 Å². The molecule has 2 nitrogen and oxygen atoms in total. The van der Waals surface area contributed by atoms with Gasteiger partial charge in [0.05, 0.1) is 10.4 Å². The minimum absolute atomic E-state index is 0.0961. The molecule has 1 N–H and O–H groups in total. The van der Waals surface area contributed by atoms with Gasteiger partial charge in [0.15, 0.2) is 0 Å². The van der Waals surface area contributed by atoms with Crippen molar-refractivity contribution < 1.29 is 4.79 Å². The van der Waals surface area contributed by atoms with Crippen LogP contribution in [0.1, 0.15) is 27.9 Å². The van der Waals surface area contributed by atoms with E-state index in [9.17, 15) is 4.79 Å². The lowest BCUT2D eigenvalue weighted by molar-refractivity contribution is 0.0917. The number of alkyl halides is 2. The molecule has 0 aliphatic rings. The topological polar surface area (TPSA) is 29.1 Å². The molecule has 0 fully saturated rings. The third-order valence-electron chi connectivity index (χ3n) is 2.53. The van der Waals surface area contributed by atoms with Crippen molar-refractivity contribution in [1.82, 2.24) is 5.32 Å². The predicted molar refractivity (Wildman–Crippen MR) is 71.0 cm³/mol. The number of halogens is 2. The minimum Gasteiger partial charge on any atom is -0.344 e. The van der Waals surface area contributed by atoms with Crippen molar-refractivity contribution in [3.8, 4) is 0 Å². The summed E-state index contributed by atoms with van der Waals surface area (Å²) in [4.78, 5) is 13.7. The molecule has 0 bridgehead atoms. The number of nitrogens with one attached hydrogen (secondary N) is 1. The van der Waals surface area contributed by atoms with E-state index in [0.29, 0.717) is 16.6 Å². The summed E-state index contributed by atoms with van der Waals surface area (Å²) in [6, 6.07) is 3.74. The number of hydrogen-bond acceptors (Lipinski definition) is 2. The van der Waals surface area contributed by atoms with Gasteiger partial charge in [0, 0.05) is 16.6 Å². The highest BCUT2D eigenvalue weighted by molar-refractivity contribution is 7.13. The molecule has 0 saturated carbocycles. The van der Waals surface area contributed by atoms with Crippen LogP contribution in [-0.4, -0.2) is 23.2 Å². The second-order valence-electron chi connectivity index (χ2n) is 3.77. The van der Waals surface area contributed by atoms with Crippen molar-refractivity contribution >= 4 is 40.4 Å². The Morgan fingerprint density at radius 3 is 2.44 bits per heavy atom. The largest absolute Gasteiger partial charge is 0.344 e. The summed E-state index contributed by atoms with van der Waals surface area (Å²) in [6.45, 7) is 3.93. The lowest BCUT2D eigenvalue weighted by Crippen LogP contribution is -2.51. The van der Waals surface area contributed by atoms with Crippen molar-refractivity contribution in [2.24, 2.45) is 0 Å². The smallest absolute Gasteiger partial charge is 0.261 e. The fourth-order valence-corrected chi connectivity index (χ4v) is 2.80. The number of aryl methyl sites for hydroxylation is 1. The molecule has 1 rings (SSSR count). The first-order chi connectivity index (χ1) is 7.56. The Hall–Kier alpha value is -0.250. The van der Waals surface area contributed by atoms with E-state index in [1.807, 2.05) is 26.0 Å². The van der Waals surface area contributed by atoms with Gasteiger partial charge in [-0.3, -0.25) is 4.79 Å². The monoisotopic (exact) mass is 279 g/mol. The maximum Gasteiger partial charge on any atom is 0.261 e. The number of thiophene rings is 1. The Labute approximate surface area is 110 Å². The number of rotatable bonds is 5. The zero-order chi connectivity index (χ0) is 12.2. The Bertz CT molecular complexity index is 352. The average Bonchev–Trinajstić information content (AvgIpc) is 2.73. The van der Waals surface area contributed by atoms with Crippen LogP contribution in [0.15, 0.2) is 12.1 Å². The quantitative estimate of drug-likeness (QED) is 0.823. The first kappa shape index (κ1) is 13.8. The van der Waals surface area contributed by atoms with Crippen LogP contribution in [0.3, 0.4) is 0 Å². The van der Waals surface area contributed by atoms with Crippen LogP contribution in [0.25, 0.3) is 0 Å². The molecule has 0 aliphatic carbocycles. The summed E-state index contributed by atoms with van der Waals surface area (Å²) in [7, 11) is 0. The molecule has 0 spiro atoms. The van der Waals surface area contributed by atoms with Crippen LogP contribution in [0.4, 0.5) is 0 Å². The van der Waals surface area contributed by atoms with Gasteiger partial charge < -0.3 is 5.32 Å². The molecule has 1 aromatic heterocycles. The summed E-state index contributed by atoms with van der Waals surface area (Å²) >= 11 is 13.2. The van der Waals surface area contributed by atoms with E-state index >= 15 is 0 Å². The molecule has 0 atom stereocenters. The predicted octanol–water partition coefficient (Wildman–Crippen LogP) is 3.41. The van der Waals surface area contributed by atoms with Crippen molar-refractivity contribution in [3.05, 3.63) is 21.9 Å². The Morgan fingerprint density at radius 2 is 2.06 bits per heavy atom. The first-order valence-electron chi connectivity index (χ1n) is 5.08. The van der Waals surface area contributed by atoms with Crippen molar-refractivity contribution in [1.29, 1.82) is 0 Å². The minimum atomic E-state index is -0.502. The third kappa shape index (κ3) is 3.12. The zero-order valence-corrected chi connectivity index (χ0v) is 11.7. The fraction of sp³-hybridized carbons (Fsp3) is 0.545. The standard InChI is InChI=1S/C11H15Cl2NOS/c1-3-11(6-12,7-13)14-10(15)9-5-4-8(2)16-9/h4-5H,3,6-7H2,1-2H3,(H,14,15). The average molecular weight is 280 g/mol. The number of carbonyl (C=O) groups is 1. The molecule has 1 amide bonds. The molecular formula is C11H15Cl2NOS. The SMILES string of the molecule is CCC(CCl)(CCl)NC(=O)c1ccc(C)s1. The van der Waals surface area contributed by atoms with Gasteiger partial charge in [-0.1, -0.05) is 6.92 Å². The van der Waals surface area contributed by atoms with Crippen LogP contribution >= 0.6 is 34.5 Å². The maximum absolute atomic E-state index is 11.9. The first-order valence-corrected chi connectivity index (χ1v) is 6.96. The zero-order valence-electron chi connectivity index (χ0n) is 9.35. The molecule has 1 aromatic rings. The van der Waals surface area contributed by atoms with Gasteiger partial charge in [-0.05, 0) is 25.5 Å². The van der Waals surface area contributed by atoms with Crippen LogP contribution in [0.2, 0.25) is 0 Å². The Kier molecular flexibility index (Phi) is 5.09. The van der Waals surface area contributed by atoms with E-state index in [2.05, 4.69) is 5.32 Å². The van der Waals surface area contributed by atoms with Gasteiger partial charge in [-0.15, -0.1) is 34.5 Å². The second kappa shape index (κ2) is 5.89. The molecular weight excluding hydrogens is 265 g/mol. The second-order valence-corrected chi connectivity index (χ2v) is 5.59. The third-order valence-corrected chi connectivity index (χ3v) is 4.55. The van der Waals surface area contributed by atoms with E-state index < -0.39 is 5.54 Å². The van der Waals surface area contributed by atoms with Gasteiger partial charge in [0.25, 0.3) is 5.91 Å². The summed E-state index contributed by atoms with van der Waals surface area (Å²) < 4.78 is 0. The highest BCUT2D eigenvalue weighted by Crippen LogP contribution is 2.19. The normalized spacial score (nSPS) is 11.5. The van der Waals surface area contributed by atoms with Crippen LogP contribution in [0.5, 0.6) is 0 Å². The van der Waals surface area contributed by atoms with Crippen LogP contribution in [-0.2, 0) is 0 Å². The number of carbonyl (C=O) groups excluding carboxylic acids is 1. The molecule has 0 unspecified atom stereocenters. The van der Waals surface area contributed by atoms with Crippen LogP contribution < -0.4 is 5.32 Å². The Morgan fingerprint density at radius 1 is 1.44 bits per heavy atom. The number of amides is 1.